The van der Waals surface area contributed by atoms with Gasteiger partial charge in [0.05, 0.1) is 15.9 Å². The van der Waals surface area contributed by atoms with E-state index >= 15 is 0 Å². The summed E-state index contributed by atoms with van der Waals surface area (Å²) in [5.41, 5.74) is 3.31. The van der Waals surface area contributed by atoms with Crippen molar-refractivity contribution >= 4 is 32.5 Å². The van der Waals surface area contributed by atoms with Crippen LogP contribution in [0, 0.1) is 12.8 Å². The van der Waals surface area contributed by atoms with E-state index in [1.54, 1.807) is 11.3 Å². The van der Waals surface area contributed by atoms with Crippen molar-refractivity contribution in [3.8, 4) is 0 Å². The Balaban J connectivity index is 1.48. The number of aryl methyl sites for hydroxylation is 1. The summed E-state index contributed by atoms with van der Waals surface area (Å²) >= 11 is 1.66. The summed E-state index contributed by atoms with van der Waals surface area (Å²) in [6.45, 7) is 7.74. The molecule has 0 bridgehead atoms. The highest BCUT2D eigenvalue weighted by Gasteiger charge is 2.16. The Bertz CT molecular complexity index is 850. The molecule has 5 nitrogen and oxygen atoms in total. The van der Waals surface area contributed by atoms with E-state index in [4.69, 9.17) is 0 Å². The highest BCUT2D eigenvalue weighted by Crippen LogP contribution is 2.29. The molecule has 25 heavy (non-hydrogen) atoms. The molecule has 6 heteroatoms. The lowest BCUT2D eigenvalue weighted by Crippen LogP contribution is -2.32. The van der Waals surface area contributed by atoms with Crippen LogP contribution in [0.15, 0.2) is 30.3 Å². The summed E-state index contributed by atoms with van der Waals surface area (Å²) in [6, 6.07) is 10.5. The lowest BCUT2D eigenvalue weighted by Gasteiger charge is -2.30. The maximum Gasteiger partial charge on any atom is 0.189 e. The zero-order valence-corrected chi connectivity index (χ0v) is 15.5. The predicted octanol–water partition coefficient (Wildman–Crippen LogP) is 4.37. The molecule has 1 aliphatic rings. The van der Waals surface area contributed by atoms with Crippen molar-refractivity contribution in [2.45, 2.75) is 33.2 Å². The first-order valence-corrected chi connectivity index (χ1v) is 9.66. The molecule has 0 saturated carbocycles. The number of nitrogens with one attached hydrogen (secondary N) is 1. The Morgan fingerprint density at radius 3 is 2.76 bits per heavy atom. The van der Waals surface area contributed by atoms with Crippen LogP contribution >= 0.6 is 11.3 Å². The summed E-state index contributed by atoms with van der Waals surface area (Å²) in [4.78, 5) is 7.21. The minimum Gasteiger partial charge on any atom is -0.315 e. The zero-order chi connectivity index (χ0) is 17.2. The van der Waals surface area contributed by atoms with Crippen LogP contribution in [-0.2, 0) is 6.54 Å². The third-order valence-corrected chi connectivity index (χ3v) is 5.70. The highest BCUT2D eigenvalue weighted by atomic mass is 32.1. The Morgan fingerprint density at radius 2 is 2.00 bits per heavy atom. The van der Waals surface area contributed by atoms with Gasteiger partial charge in [0.2, 0.25) is 0 Å². The fourth-order valence-corrected chi connectivity index (χ4v) is 4.11. The first-order valence-electron chi connectivity index (χ1n) is 8.85. The van der Waals surface area contributed by atoms with Crippen molar-refractivity contribution in [3.05, 3.63) is 41.6 Å². The van der Waals surface area contributed by atoms with Crippen LogP contribution in [-0.4, -0.2) is 33.2 Å². The second kappa shape index (κ2) is 7.06. The van der Waals surface area contributed by atoms with E-state index in [1.807, 2.05) is 19.1 Å². The number of hydrogen-bond acceptors (Lipinski definition) is 6. The number of rotatable bonds is 4. The van der Waals surface area contributed by atoms with Gasteiger partial charge in [0.25, 0.3) is 0 Å². The first kappa shape index (κ1) is 16.4. The number of fused-ring (bicyclic) bond motifs is 1. The molecular weight excluding hydrogens is 330 g/mol. The third kappa shape index (κ3) is 3.96. The normalized spacial score (nSPS) is 16.4. The maximum absolute atomic E-state index is 4.65. The summed E-state index contributed by atoms with van der Waals surface area (Å²) < 4.78 is 1.21. The van der Waals surface area contributed by atoms with Gasteiger partial charge in [0.15, 0.2) is 10.9 Å². The molecule has 1 fully saturated rings. The average molecular weight is 353 g/mol. The van der Waals surface area contributed by atoms with Crippen molar-refractivity contribution in [3.63, 3.8) is 0 Å². The van der Waals surface area contributed by atoms with Crippen molar-refractivity contribution in [2.24, 2.45) is 5.92 Å². The minimum atomic E-state index is 0.729. The van der Waals surface area contributed by atoms with E-state index < -0.39 is 0 Å². The Labute approximate surface area is 152 Å². The van der Waals surface area contributed by atoms with Gasteiger partial charge in [0.1, 0.15) is 0 Å². The van der Waals surface area contributed by atoms with E-state index in [0.29, 0.717) is 0 Å². The van der Waals surface area contributed by atoms with Gasteiger partial charge in [-0.05, 0) is 68.6 Å². The average Bonchev–Trinajstić information content (AvgIpc) is 3.00. The zero-order valence-electron chi connectivity index (χ0n) is 14.7. The van der Waals surface area contributed by atoms with Gasteiger partial charge in [0, 0.05) is 6.54 Å². The molecule has 0 atom stereocenters. The van der Waals surface area contributed by atoms with Crippen LogP contribution in [0.3, 0.4) is 0 Å². The number of piperidine rings is 1. The maximum atomic E-state index is 4.65. The van der Waals surface area contributed by atoms with Gasteiger partial charge in [-0.25, -0.2) is 4.98 Å². The summed E-state index contributed by atoms with van der Waals surface area (Å²) in [5.74, 6) is 1.60. The van der Waals surface area contributed by atoms with E-state index in [2.05, 4.69) is 50.5 Å². The molecule has 0 aliphatic carbocycles. The van der Waals surface area contributed by atoms with Crippen molar-refractivity contribution in [1.82, 2.24) is 20.1 Å². The number of anilines is 2. The monoisotopic (exact) mass is 353 g/mol. The molecule has 0 radical (unpaired) electrons. The van der Waals surface area contributed by atoms with Crippen molar-refractivity contribution in [2.75, 3.05) is 18.4 Å². The molecule has 3 aromatic rings. The Morgan fingerprint density at radius 1 is 1.16 bits per heavy atom. The molecular formula is C19H23N5S. The van der Waals surface area contributed by atoms with E-state index in [1.165, 1.54) is 36.2 Å². The van der Waals surface area contributed by atoms with Gasteiger partial charge < -0.3 is 5.32 Å². The van der Waals surface area contributed by atoms with Gasteiger partial charge >= 0.3 is 0 Å². The standard InChI is InChI=1S/C19H23N5S/c1-13-7-9-24(10-8-13)12-15-4-5-16-17(11-15)25-19(20-16)21-18-6-3-14(2)22-23-18/h3-6,11,13H,7-10,12H2,1-2H3,(H,20,21,23). The van der Waals surface area contributed by atoms with Crippen LogP contribution in [0.25, 0.3) is 10.2 Å². The van der Waals surface area contributed by atoms with E-state index in [-0.39, 0.29) is 0 Å². The molecule has 1 N–H and O–H groups in total. The fourth-order valence-electron chi connectivity index (χ4n) is 3.17. The summed E-state index contributed by atoms with van der Waals surface area (Å²) in [5, 5.41) is 12.3. The predicted molar refractivity (Wildman–Crippen MR) is 103 cm³/mol. The highest BCUT2D eigenvalue weighted by molar-refractivity contribution is 7.22. The van der Waals surface area contributed by atoms with Crippen molar-refractivity contribution in [1.29, 1.82) is 0 Å². The lowest BCUT2D eigenvalue weighted by molar-refractivity contribution is 0.185. The topological polar surface area (TPSA) is 53.9 Å². The second-order valence-electron chi connectivity index (χ2n) is 6.96. The molecule has 0 unspecified atom stereocenters. The number of aromatic nitrogens is 3. The Hall–Kier alpha value is -2.05. The van der Waals surface area contributed by atoms with Crippen LogP contribution < -0.4 is 5.32 Å². The fraction of sp³-hybridized carbons (Fsp3) is 0.421. The Kier molecular flexibility index (Phi) is 4.63. The van der Waals surface area contributed by atoms with Gasteiger partial charge in [-0.2, -0.15) is 5.10 Å². The molecule has 0 spiro atoms. The third-order valence-electron chi connectivity index (χ3n) is 4.77. The van der Waals surface area contributed by atoms with Crippen molar-refractivity contribution < 1.29 is 0 Å². The van der Waals surface area contributed by atoms with Crippen LogP contribution in [0.4, 0.5) is 10.9 Å². The number of nitrogens with zero attached hydrogens (tertiary/aromatic N) is 4. The molecule has 1 aromatic carbocycles. The van der Waals surface area contributed by atoms with Crippen LogP contribution in [0.2, 0.25) is 0 Å². The lowest BCUT2D eigenvalue weighted by atomic mass is 9.99. The largest absolute Gasteiger partial charge is 0.315 e. The smallest absolute Gasteiger partial charge is 0.189 e. The summed E-state index contributed by atoms with van der Waals surface area (Å²) in [7, 11) is 0. The van der Waals surface area contributed by atoms with Gasteiger partial charge in [-0.3, -0.25) is 4.90 Å². The number of likely N-dealkylation sites (tertiary alicyclic amines) is 1. The number of hydrogen-bond donors (Lipinski definition) is 1. The van der Waals surface area contributed by atoms with Gasteiger partial charge in [-0.1, -0.05) is 24.3 Å². The first-order chi connectivity index (χ1) is 12.2. The molecule has 0 amide bonds. The summed E-state index contributed by atoms with van der Waals surface area (Å²) in [6.07, 6.45) is 2.63. The van der Waals surface area contributed by atoms with E-state index in [9.17, 15) is 0 Å². The van der Waals surface area contributed by atoms with Gasteiger partial charge in [-0.15, -0.1) is 5.10 Å². The molecule has 4 rings (SSSR count). The quantitative estimate of drug-likeness (QED) is 0.755. The van der Waals surface area contributed by atoms with E-state index in [0.717, 1.165) is 34.6 Å². The second-order valence-corrected chi connectivity index (χ2v) is 8.00. The SMILES string of the molecule is Cc1ccc(Nc2nc3ccc(CN4CCC(C)CC4)cc3s2)nn1. The van der Waals surface area contributed by atoms with Crippen LogP contribution in [0.5, 0.6) is 0 Å². The molecule has 1 saturated heterocycles. The molecule has 1 aliphatic heterocycles. The molecule has 2 aromatic heterocycles. The number of thiazole rings is 1. The van der Waals surface area contributed by atoms with Crippen LogP contribution in [0.1, 0.15) is 31.0 Å². The molecule has 130 valence electrons. The molecule has 3 heterocycles. The number of benzene rings is 1. The minimum absolute atomic E-state index is 0.729.